The van der Waals surface area contributed by atoms with Gasteiger partial charge in [0.1, 0.15) is 5.75 Å². The van der Waals surface area contributed by atoms with E-state index in [0.717, 1.165) is 11.8 Å². The molecule has 0 saturated heterocycles. The third-order valence-electron chi connectivity index (χ3n) is 3.16. The molecule has 0 aliphatic carbocycles. The summed E-state index contributed by atoms with van der Waals surface area (Å²) in [5.41, 5.74) is 1.57. The number of ether oxygens (including phenoxy) is 1. The van der Waals surface area contributed by atoms with Crippen molar-refractivity contribution in [2.45, 2.75) is 6.10 Å². The number of Topliss-reactive ketones (excluding diaryl/α,β-unsaturated/α-hetero) is 1. The molecule has 0 fully saturated rings. The molecule has 0 saturated carbocycles. The van der Waals surface area contributed by atoms with Crippen LogP contribution in [0.5, 0.6) is 5.75 Å². The number of carbonyl (C=O) groups is 1. The lowest BCUT2D eigenvalue weighted by molar-refractivity contribution is 0.0955. The Morgan fingerprint density at radius 2 is 1.68 bits per heavy atom. The SMILES string of the molecule is O=C1/C(=C/O)C(c2ccccc2)Oc2ccccc21. The van der Waals surface area contributed by atoms with Crippen molar-refractivity contribution < 1.29 is 14.6 Å². The average molecular weight is 252 g/mol. The summed E-state index contributed by atoms with van der Waals surface area (Å²) in [5, 5.41) is 9.36. The first-order chi connectivity index (χ1) is 9.31. The van der Waals surface area contributed by atoms with Crippen molar-refractivity contribution in [1.29, 1.82) is 0 Å². The van der Waals surface area contributed by atoms with Crippen LogP contribution < -0.4 is 4.74 Å². The Bertz CT molecular complexity index is 644. The second kappa shape index (κ2) is 4.61. The van der Waals surface area contributed by atoms with Gasteiger partial charge in [-0.15, -0.1) is 0 Å². The standard InChI is InChI=1S/C16H12O3/c17-10-13-15(18)12-8-4-5-9-14(12)19-16(13)11-6-2-1-3-7-11/h1-10,16-17H/b13-10-. The number of ketones is 1. The minimum atomic E-state index is -0.561. The van der Waals surface area contributed by atoms with Crippen LogP contribution in [0.2, 0.25) is 0 Å². The van der Waals surface area contributed by atoms with Crippen LogP contribution in [-0.2, 0) is 0 Å². The molecule has 94 valence electrons. The molecule has 0 spiro atoms. The minimum Gasteiger partial charge on any atom is -0.515 e. The first-order valence-corrected chi connectivity index (χ1v) is 6.01. The largest absolute Gasteiger partial charge is 0.515 e. The molecule has 1 aliphatic heterocycles. The van der Waals surface area contributed by atoms with Crippen LogP contribution in [-0.4, -0.2) is 10.9 Å². The Kier molecular flexibility index (Phi) is 2.80. The molecule has 1 atom stereocenters. The molecule has 0 radical (unpaired) electrons. The zero-order valence-electron chi connectivity index (χ0n) is 10.1. The van der Waals surface area contributed by atoms with Gasteiger partial charge in [-0.2, -0.15) is 0 Å². The lowest BCUT2D eigenvalue weighted by Gasteiger charge is -2.27. The molecule has 0 aromatic heterocycles. The third kappa shape index (κ3) is 1.89. The predicted molar refractivity (Wildman–Crippen MR) is 71.3 cm³/mol. The molecule has 1 aliphatic rings. The summed E-state index contributed by atoms with van der Waals surface area (Å²) in [5.74, 6) is 0.352. The number of aliphatic hydroxyl groups excluding tert-OH is 1. The molecule has 19 heavy (non-hydrogen) atoms. The Morgan fingerprint density at radius 3 is 2.42 bits per heavy atom. The van der Waals surface area contributed by atoms with Crippen LogP contribution in [0.15, 0.2) is 66.4 Å². The highest BCUT2D eigenvalue weighted by Crippen LogP contribution is 2.37. The monoisotopic (exact) mass is 252 g/mol. The number of rotatable bonds is 1. The number of hydrogen-bond acceptors (Lipinski definition) is 3. The molecule has 1 unspecified atom stereocenters. The van der Waals surface area contributed by atoms with E-state index in [0.29, 0.717) is 11.3 Å². The molecule has 3 heteroatoms. The third-order valence-corrected chi connectivity index (χ3v) is 3.16. The van der Waals surface area contributed by atoms with E-state index in [1.165, 1.54) is 0 Å². The molecule has 0 amide bonds. The molecule has 0 bridgehead atoms. The van der Waals surface area contributed by atoms with E-state index in [2.05, 4.69) is 0 Å². The fourth-order valence-electron chi connectivity index (χ4n) is 2.22. The van der Waals surface area contributed by atoms with Crippen molar-refractivity contribution in [2.75, 3.05) is 0 Å². The number of carbonyl (C=O) groups excluding carboxylic acids is 1. The van der Waals surface area contributed by atoms with E-state index in [1.807, 2.05) is 36.4 Å². The fourth-order valence-corrected chi connectivity index (χ4v) is 2.22. The van der Waals surface area contributed by atoms with Crippen molar-refractivity contribution in [3.63, 3.8) is 0 Å². The molecule has 1 N–H and O–H groups in total. The quantitative estimate of drug-likeness (QED) is 0.624. The Hall–Kier alpha value is -2.55. The Morgan fingerprint density at radius 1 is 1.00 bits per heavy atom. The van der Waals surface area contributed by atoms with Gasteiger partial charge in [0.15, 0.2) is 11.9 Å². The summed E-state index contributed by atoms with van der Waals surface area (Å²) < 4.78 is 5.84. The van der Waals surface area contributed by atoms with Gasteiger partial charge >= 0.3 is 0 Å². The van der Waals surface area contributed by atoms with Crippen molar-refractivity contribution >= 4 is 5.78 Å². The van der Waals surface area contributed by atoms with Gasteiger partial charge in [-0.3, -0.25) is 4.79 Å². The van der Waals surface area contributed by atoms with E-state index < -0.39 is 6.10 Å². The highest BCUT2D eigenvalue weighted by atomic mass is 16.5. The molecular weight excluding hydrogens is 240 g/mol. The van der Waals surface area contributed by atoms with Gasteiger partial charge in [0.05, 0.1) is 17.4 Å². The van der Waals surface area contributed by atoms with E-state index in [-0.39, 0.29) is 11.4 Å². The fraction of sp³-hybridized carbons (Fsp3) is 0.0625. The van der Waals surface area contributed by atoms with Gasteiger partial charge < -0.3 is 9.84 Å². The molecule has 2 aromatic carbocycles. The average Bonchev–Trinajstić information content (AvgIpc) is 2.48. The maximum absolute atomic E-state index is 12.3. The van der Waals surface area contributed by atoms with E-state index in [4.69, 9.17) is 4.74 Å². The van der Waals surface area contributed by atoms with Crippen LogP contribution >= 0.6 is 0 Å². The molecule has 3 nitrogen and oxygen atoms in total. The van der Waals surface area contributed by atoms with Crippen LogP contribution in [0.4, 0.5) is 0 Å². The van der Waals surface area contributed by atoms with Gasteiger partial charge in [0.25, 0.3) is 0 Å². The van der Waals surface area contributed by atoms with Gasteiger partial charge in [0, 0.05) is 0 Å². The van der Waals surface area contributed by atoms with Gasteiger partial charge in [0.2, 0.25) is 0 Å². The normalized spacial score (nSPS) is 19.9. The summed E-state index contributed by atoms with van der Waals surface area (Å²) >= 11 is 0. The van der Waals surface area contributed by atoms with Crippen LogP contribution in [0, 0.1) is 0 Å². The van der Waals surface area contributed by atoms with Crippen molar-refractivity contribution in [3.05, 3.63) is 77.6 Å². The smallest absolute Gasteiger partial charge is 0.199 e. The summed E-state index contributed by atoms with van der Waals surface area (Å²) in [6.07, 6.45) is 0.282. The van der Waals surface area contributed by atoms with E-state index in [1.54, 1.807) is 18.2 Å². The summed E-state index contributed by atoms with van der Waals surface area (Å²) in [7, 11) is 0. The highest BCUT2D eigenvalue weighted by Gasteiger charge is 2.32. The second-order valence-electron chi connectivity index (χ2n) is 4.32. The number of para-hydroxylation sites is 1. The van der Waals surface area contributed by atoms with Gasteiger partial charge in [-0.25, -0.2) is 0 Å². The van der Waals surface area contributed by atoms with E-state index >= 15 is 0 Å². The number of hydrogen-bond donors (Lipinski definition) is 1. The van der Waals surface area contributed by atoms with E-state index in [9.17, 15) is 9.90 Å². The molecule has 3 rings (SSSR count). The van der Waals surface area contributed by atoms with Gasteiger partial charge in [-0.05, 0) is 17.7 Å². The summed E-state index contributed by atoms with van der Waals surface area (Å²) in [4.78, 5) is 12.3. The van der Waals surface area contributed by atoms with Crippen molar-refractivity contribution in [2.24, 2.45) is 0 Å². The van der Waals surface area contributed by atoms with Gasteiger partial charge in [-0.1, -0.05) is 42.5 Å². The topological polar surface area (TPSA) is 46.5 Å². The molecule has 2 aromatic rings. The number of fused-ring (bicyclic) bond motifs is 1. The zero-order valence-corrected chi connectivity index (χ0v) is 10.1. The number of aliphatic hydroxyl groups is 1. The van der Waals surface area contributed by atoms with Crippen molar-refractivity contribution in [3.8, 4) is 5.75 Å². The Balaban J connectivity index is 2.11. The predicted octanol–water partition coefficient (Wildman–Crippen LogP) is 3.44. The summed E-state index contributed by atoms with van der Waals surface area (Å²) in [6, 6.07) is 16.4. The van der Waals surface area contributed by atoms with Crippen molar-refractivity contribution in [1.82, 2.24) is 0 Å². The zero-order chi connectivity index (χ0) is 13.2. The van der Waals surface area contributed by atoms with Crippen LogP contribution in [0.1, 0.15) is 22.0 Å². The van der Waals surface area contributed by atoms with Crippen LogP contribution in [0.3, 0.4) is 0 Å². The first-order valence-electron chi connectivity index (χ1n) is 6.01. The summed E-state index contributed by atoms with van der Waals surface area (Å²) in [6.45, 7) is 0. The molecule has 1 heterocycles. The first kappa shape index (κ1) is 11.5. The maximum atomic E-state index is 12.3. The maximum Gasteiger partial charge on any atom is 0.199 e. The lowest BCUT2D eigenvalue weighted by atomic mass is 9.92. The minimum absolute atomic E-state index is 0.196. The lowest BCUT2D eigenvalue weighted by Crippen LogP contribution is -2.23. The highest BCUT2D eigenvalue weighted by molar-refractivity contribution is 6.12. The van der Waals surface area contributed by atoms with Crippen LogP contribution in [0.25, 0.3) is 0 Å². The molecular formula is C16H12O3. The second-order valence-corrected chi connectivity index (χ2v) is 4.32. The number of benzene rings is 2. The Labute approximate surface area is 110 Å².